The van der Waals surface area contributed by atoms with Crippen LogP contribution >= 0.6 is 0 Å². The van der Waals surface area contributed by atoms with Crippen LogP contribution in [0.4, 0.5) is 0 Å². The first-order chi connectivity index (χ1) is 11.1. The number of piperidine rings is 1. The Bertz CT molecular complexity index is 736. The molecule has 3 heterocycles. The standard InChI is InChI=1S/C17H21N5O/c1-4-15(23)22-9-5-6-13(11-22)16-17(19-8-7-18-16)14-10-20-12(2)21(14)3/h4,7-8,10,13H,1,5-6,9,11H2,2-3H3. The lowest BCUT2D eigenvalue weighted by atomic mass is 9.92. The Balaban J connectivity index is 1.96. The minimum absolute atomic E-state index is 0.0171. The lowest BCUT2D eigenvalue weighted by molar-refractivity contribution is -0.127. The first-order valence-corrected chi connectivity index (χ1v) is 7.82. The molecule has 1 fully saturated rings. The Kier molecular flexibility index (Phi) is 4.23. The zero-order chi connectivity index (χ0) is 16.4. The summed E-state index contributed by atoms with van der Waals surface area (Å²) in [5.41, 5.74) is 2.75. The van der Waals surface area contributed by atoms with E-state index in [1.54, 1.807) is 12.4 Å². The van der Waals surface area contributed by atoms with Gasteiger partial charge in [0.2, 0.25) is 5.91 Å². The predicted octanol–water partition coefficient (Wildman–Crippen LogP) is 2.08. The Morgan fingerprint density at radius 1 is 1.35 bits per heavy atom. The van der Waals surface area contributed by atoms with Crippen LogP contribution in [0.3, 0.4) is 0 Å². The maximum absolute atomic E-state index is 11.9. The van der Waals surface area contributed by atoms with Crippen molar-refractivity contribution in [1.82, 2.24) is 24.4 Å². The van der Waals surface area contributed by atoms with Crippen molar-refractivity contribution in [3.63, 3.8) is 0 Å². The van der Waals surface area contributed by atoms with Gasteiger partial charge >= 0.3 is 0 Å². The number of likely N-dealkylation sites (tertiary alicyclic amines) is 1. The van der Waals surface area contributed by atoms with E-state index in [4.69, 9.17) is 0 Å². The molecule has 1 atom stereocenters. The minimum Gasteiger partial charge on any atom is -0.339 e. The van der Waals surface area contributed by atoms with Crippen LogP contribution < -0.4 is 0 Å². The van der Waals surface area contributed by atoms with Crippen molar-refractivity contribution in [3.05, 3.63) is 42.8 Å². The van der Waals surface area contributed by atoms with Crippen LogP contribution in [0.1, 0.15) is 30.3 Å². The normalized spacial score (nSPS) is 18.0. The van der Waals surface area contributed by atoms with Crippen molar-refractivity contribution in [2.45, 2.75) is 25.7 Å². The van der Waals surface area contributed by atoms with Gasteiger partial charge in [0.1, 0.15) is 11.5 Å². The number of hydrogen-bond donors (Lipinski definition) is 0. The lowest BCUT2D eigenvalue weighted by Gasteiger charge is -2.32. The number of nitrogens with zero attached hydrogens (tertiary/aromatic N) is 5. The quantitative estimate of drug-likeness (QED) is 0.814. The van der Waals surface area contributed by atoms with Crippen molar-refractivity contribution in [1.29, 1.82) is 0 Å². The van der Waals surface area contributed by atoms with Gasteiger partial charge in [0, 0.05) is 38.4 Å². The molecule has 2 aromatic rings. The largest absolute Gasteiger partial charge is 0.339 e. The predicted molar refractivity (Wildman–Crippen MR) is 87.7 cm³/mol. The zero-order valence-corrected chi connectivity index (χ0v) is 13.6. The molecule has 0 bridgehead atoms. The molecule has 1 unspecified atom stereocenters. The van der Waals surface area contributed by atoms with E-state index in [0.29, 0.717) is 6.54 Å². The topological polar surface area (TPSA) is 63.9 Å². The Hall–Kier alpha value is -2.50. The minimum atomic E-state index is -0.0171. The van der Waals surface area contributed by atoms with Crippen LogP contribution in [-0.4, -0.2) is 43.4 Å². The molecule has 1 saturated heterocycles. The second kappa shape index (κ2) is 6.32. The third-order valence-corrected chi connectivity index (χ3v) is 4.48. The van der Waals surface area contributed by atoms with Crippen LogP contribution in [0.25, 0.3) is 11.4 Å². The lowest BCUT2D eigenvalue weighted by Crippen LogP contribution is -2.38. The highest BCUT2D eigenvalue weighted by Crippen LogP contribution is 2.31. The number of aryl methyl sites for hydroxylation is 1. The fourth-order valence-electron chi connectivity index (χ4n) is 3.10. The molecule has 23 heavy (non-hydrogen) atoms. The molecule has 0 aromatic carbocycles. The molecule has 0 radical (unpaired) electrons. The summed E-state index contributed by atoms with van der Waals surface area (Å²) in [6.07, 6.45) is 8.60. The molecule has 2 aromatic heterocycles. The van der Waals surface area contributed by atoms with Crippen molar-refractivity contribution >= 4 is 5.91 Å². The van der Waals surface area contributed by atoms with Crippen molar-refractivity contribution in [3.8, 4) is 11.4 Å². The monoisotopic (exact) mass is 311 g/mol. The summed E-state index contributed by atoms with van der Waals surface area (Å²) in [6.45, 7) is 6.98. The summed E-state index contributed by atoms with van der Waals surface area (Å²) >= 11 is 0. The second-order valence-electron chi connectivity index (χ2n) is 5.87. The molecular formula is C17H21N5O. The van der Waals surface area contributed by atoms with Crippen molar-refractivity contribution in [2.24, 2.45) is 7.05 Å². The third kappa shape index (κ3) is 2.88. The van der Waals surface area contributed by atoms with E-state index in [9.17, 15) is 4.79 Å². The summed E-state index contributed by atoms with van der Waals surface area (Å²) in [6, 6.07) is 0. The molecule has 3 rings (SSSR count). The summed E-state index contributed by atoms with van der Waals surface area (Å²) in [7, 11) is 1.98. The van der Waals surface area contributed by atoms with Gasteiger partial charge in [-0.3, -0.25) is 14.8 Å². The van der Waals surface area contributed by atoms with Gasteiger partial charge in [-0.2, -0.15) is 0 Å². The SMILES string of the molecule is C=CC(=O)N1CCCC(c2nccnc2-c2cnc(C)n2C)C1. The van der Waals surface area contributed by atoms with E-state index < -0.39 is 0 Å². The van der Waals surface area contributed by atoms with Crippen LogP contribution in [0.5, 0.6) is 0 Å². The molecule has 1 aliphatic rings. The number of carbonyl (C=O) groups is 1. The molecule has 0 saturated carbocycles. The Morgan fingerprint density at radius 2 is 2.13 bits per heavy atom. The highest BCUT2D eigenvalue weighted by Gasteiger charge is 2.27. The maximum Gasteiger partial charge on any atom is 0.245 e. The van der Waals surface area contributed by atoms with E-state index in [0.717, 1.165) is 42.3 Å². The van der Waals surface area contributed by atoms with Gasteiger partial charge in [-0.15, -0.1) is 0 Å². The van der Waals surface area contributed by atoms with Crippen LogP contribution in [0.2, 0.25) is 0 Å². The highest BCUT2D eigenvalue weighted by atomic mass is 16.2. The molecular weight excluding hydrogens is 290 g/mol. The van der Waals surface area contributed by atoms with Gasteiger partial charge in [0.05, 0.1) is 17.6 Å². The second-order valence-corrected chi connectivity index (χ2v) is 5.87. The number of amides is 1. The van der Waals surface area contributed by atoms with Crippen LogP contribution in [-0.2, 0) is 11.8 Å². The number of imidazole rings is 1. The van der Waals surface area contributed by atoms with Gasteiger partial charge < -0.3 is 9.47 Å². The molecule has 6 heteroatoms. The molecule has 1 aliphatic heterocycles. The fraction of sp³-hybridized carbons (Fsp3) is 0.412. The number of hydrogen-bond acceptors (Lipinski definition) is 4. The summed E-state index contributed by atoms with van der Waals surface area (Å²) in [5.74, 6) is 1.10. The van der Waals surface area contributed by atoms with Crippen LogP contribution in [0.15, 0.2) is 31.2 Å². The van der Waals surface area contributed by atoms with E-state index in [1.807, 2.05) is 29.6 Å². The summed E-state index contributed by atoms with van der Waals surface area (Å²) in [5, 5.41) is 0. The smallest absolute Gasteiger partial charge is 0.245 e. The fourth-order valence-corrected chi connectivity index (χ4v) is 3.10. The van der Waals surface area contributed by atoms with Gasteiger partial charge in [-0.1, -0.05) is 6.58 Å². The van der Waals surface area contributed by atoms with Gasteiger partial charge in [-0.05, 0) is 25.8 Å². The van der Waals surface area contributed by atoms with E-state index in [1.165, 1.54) is 6.08 Å². The number of aromatic nitrogens is 4. The molecule has 1 amide bonds. The van der Waals surface area contributed by atoms with E-state index in [-0.39, 0.29) is 11.8 Å². The Morgan fingerprint density at radius 3 is 2.83 bits per heavy atom. The molecule has 6 nitrogen and oxygen atoms in total. The van der Waals surface area contributed by atoms with Gasteiger partial charge in [-0.25, -0.2) is 4.98 Å². The zero-order valence-electron chi connectivity index (χ0n) is 13.6. The van der Waals surface area contributed by atoms with Crippen molar-refractivity contribution < 1.29 is 4.79 Å². The maximum atomic E-state index is 11.9. The Labute approximate surface area is 135 Å². The van der Waals surface area contributed by atoms with Gasteiger partial charge in [0.25, 0.3) is 0 Å². The number of rotatable bonds is 3. The highest BCUT2D eigenvalue weighted by molar-refractivity contribution is 5.87. The number of carbonyl (C=O) groups excluding carboxylic acids is 1. The summed E-state index contributed by atoms with van der Waals surface area (Å²) in [4.78, 5) is 27.2. The average Bonchev–Trinajstić information content (AvgIpc) is 2.93. The first-order valence-electron chi connectivity index (χ1n) is 7.82. The average molecular weight is 311 g/mol. The molecule has 0 N–H and O–H groups in total. The van der Waals surface area contributed by atoms with E-state index >= 15 is 0 Å². The molecule has 0 aliphatic carbocycles. The molecule has 0 spiro atoms. The third-order valence-electron chi connectivity index (χ3n) is 4.48. The van der Waals surface area contributed by atoms with Crippen LogP contribution in [0, 0.1) is 6.92 Å². The van der Waals surface area contributed by atoms with Crippen molar-refractivity contribution in [2.75, 3.05) is 13.1 Å². The summed E-state index contributed by atoms with van der Waals surface area (Å²) < 4.78 is 2.02. The first kappa shape index (κ1) is 15.4. The van der Waals surface area contributed by atoms with E-state index in [2.05, 4.69) is 21.5 Å². The molecule has 120 valence electrons. The van der Waals surface area contributed by atoms with Gasteiger partial charge in [0.15, 0.2) is 0 Å².